The van der Waals surface area contributed by atoms with Crippen LogP contribution in [-0.2, 0) is 4.79 Å². The van der Waals surface area contributed by atoms with Crippen LogP contribution in [0.15, 0.2) is 29.4 Å². The number of nitrogens with zero attached hydrogens (tertiary/aromatic N) is 4. The predicted octanol–water partition coefficient (Wildman–Crippen LogP) is 1.98. The van der Waals surface area contributed by atoms with Gasteiger partial charge in [-0.1, -0.05) is 30.0 Å². The number of nitrogens with one attached hydrogen (secondary N) is 1. The molecule has 1 aliphatic carbocycles. The highest BCUT2D eigenvalue weighted by Crippen LogP contribution is 2.32. The zero-order chi connectivity index (χ0) is 15.5. The van der Waals surface area contributed by atoms with Crippen molar-refractivity contribution in [1.29, 1.82) is 0 Å². The smallest absolute Gasteiger partial charge is 0.230 e. The Hall–Kier alpha value is -1.89. The summed E-state index contributed by atoms with van der Waals surface area (Å²) in [7, 11) is 0. The van der Waals surface area contributed by atoms with E-state index in [1.54, 1.807) is 4.68 Å². The number of thioether (sulfide) groups is 1. The molecule has 1 N–H and O–H groups in total. The molecule has 6 nitrogen and oxygen atoms in total. The molecule has 0 unspecified atom stereocenters. The minimum absolute atomic E-state index is 0.0312. The van der Waals surface area contributed by atoms with Gasteiger partial charge in [-0.25, -0.2) is 0 Å². The lowest BCUT2D eigenvalue weighted by atomic mass is 10.2. The number of rotatable bonds is 6. The molecule has 3 rings (SSSR count). The molecule has 1 aliphatic rings. The molecule has 116 valence electrons. The lowest BCUT2D eigenvalue weighted by Crippen LogP contribution is -2.35. The summed E-state index contributed by atoms with van der Waals surface area (Å²) in [6.45, 7) is 4.08. The number of tetrazole rings is 1. The minimum Gasteiger partial charge on any atom is -0.353 e. The molecule has 1 fully saturated rings. The van der Waals surface area contributed by atoms with Gasteiger partial charge in [0.25, 0.3) is 0 Å². The number of hydrogen-bond donors (Lipinski definition) is 1. The van der Waals surface area contributed by atoms with E-state index in [-0.39, 0.29) is 11.9 Å². The van der Waals surface area contributed by atoms with Gasteiger partial charge in [0.2, 0.25) is 11.1 Å². The monoisotopic (exact) mass is 317 g/mol. The van der Waals surface area contributed by atoms with E-state index in [1.807, 2.05) is 31.2 Å². The number of aromatic nitrogens is 4. The normalized spacial score (nSPS) is 15.5. The van der Waals surface area contributed by atoms with Crippen molar-refractivity contribution in [2.24, 2.45) is 5.92 Å². The Morgan fingerprint density at radius 1 is 1.45 bits per heavy atom. The Labute approximate surface area is 133 Å². The summed E-state index contributed by atoms with van der Waals surface area (Å²) in [5, 5.41) is 15.4. The van der Waals surface area contributed by atoms with E-state index in [0.29, 0.717) is 16.8 Å². The third-order valence-electron chi connectivity index (χ3n) is 3.83. The summed E-state index contributed by atoms with van der Waals surface area (Å²) < 4.78 is 1.68. The molecule has 7 heteroatoms. The molecule has 22 heavy (non-hydrogen) atoms. The van der Waals surface area contributed by atoms with E-state index in [9.17, 15) is 4.79 Å². The third kappa shape index (κ3) is 3.47. The van der Waals surface area contributed by atoms with Crippen LogP contribution >= 0.6 is 11.8 Å². The third-order valence-corrected chi connectivity index (χ3v) is 4.75. The van der Waals surface area contributed by atoms with Crippen LogP contribution in [-0.4, -0.2) is 37.9 Å². The number of amides is 1. The van der Waals surface area contributed by atoms with Crippen molar-refractivity contribution in [3.8, 4) is 5.69 Å². The summed E-state index contributed by atoms with van der Waals surface area (Å²) in [5.74, 6) is 1.01. The molecule has 1 atom stereocenters. The lowest BCUT2D eigenvalue weighted by Gasteiger charge is -2.12. The molecule has 2 aromatic rings. The van der Waals surface area contributed by atoms with Crippen molar-refractivity contribution >= 4 is 17.7 Å². The lowest BCUT2D eigenvalue weighted by molar-refractivity contribution is -0.119. The maximum absolute atomic E-state index is 12.0. The second-order valence-corrected chi connectivity index (χ2v) is 6.58. The van der Waals surface area contributed by atoms with E-state index in [1.165, 1.54) is 24.6 Å². The largest absolute Gasteiger partial charge is 0.353 e. The molecule has 0 saturated heterocycles. The van der Waals surface area contributed by atoms with Crippen LogP contribution in [0.3, 0.4) is 0 Å². The molecule has 0 aliphatic heterocycles. The summed E-state index contributed by atoms with van der Waals surface area (Å²) in [5.41, 5.74) is 2.02. The summed E-state index contributed by atoms with van der Waals surface area (Å²) in [4.78, 5) is 12.0. The van der Waals surface area contributed by atoms with E-state index < -0.39 is 0 Å². The van der Waals surface area contributed by atoms with Crippen molar-refractivity contribution in [3.05, 3.63) is 29.8 Å². The Bertz CT molecular complexity index is 667. The second-order valence-electron chi connectivity index (χ2n) is 5.64. The molecular weight excluding hydrogens is 298 g/mol. The Morgan fingerprint density at radius 2 is 2.23 bits per heavy atom. The second kappa shape index (κ2) is 6.48. The van der Waals surface area contributed by atoms with Gasteiger partial charge in [-0.05, 0) is 54.7 Å². The van der Waals surface area contributed by atoms with Crippen molar-refractivity contribution in [1.82, 2.24) is 25.5 Å². The maximum Gasteiger partial charge on any atom is 0.230 e. The average Bonchev–Trinajstić information content (AvgIpc) is 3.25. The zero-order valence-electron chi connectivity index (χ0n) is 12.7. The Balaban J connectivity index is 1.63. The van der Waals surface area contributed by atoms with Crippen LogP contribution in [0.5, 0.6) is 0 Å². The molecule has 1 heterocycles. The van der Waals surface area contributed by atoms with Crippen LogP contribution in [0.2, 0.25) is 0 Å². The van der Waals surface area contributed by atoms with Gasteiger partial charge in [0.05, 0.1) is 11.4 Å². The van der Waals surface area contributed by atoms with Crippen LogP contribution in [0, 0.1) is 12.8 Å². The van der Waals surface area contributed by atoms with E-state index >= 15 is 0 Å². The van der Waals surface area contributed by atoms with Crippen molar-refractivity contribution < 1.29 is 4.79 Å². The van der Waals surface area contributed by atoms with Gasteiger partial charge in [-0.3, -0.25) is 4.79 Å². The number of aryl methyl sites for hydroxylation is 1. The van der Waals surface area contributed by atoms with Gasteiger partial charge in [0.15, 0.2) is 0 Å². The van der Waals surface area contributed by atoms with Gasteiger partial charge in [0, 0.05) is 6.04 Å². The number of hydrogen-bond acceptors (Lipinski definition) is 5. The Morgan fingerprint density at radius 3 is 2.95 bits per heavy atom. The average molecular weight is 317 g/mol. The molecular formula is C15H19N5OS. The fourth-order valence-electron chi connectivity index (χ4n) is 2.36. The van der Waals surface area contributed by atoms with Gasteiger partial charge >= 0.3 is 0 Å². The highest BCUT2D eigenvalue weighted by molar-refractivity contribution is 7.99. The fourth-order valence-corrected chi connectivity index (χ4v) is 3.06. The number of para-hydroxylation sites is 1. The molecule has 0 radical (unpaired) electrons. The first kappa shape index (κ1) is 15.0. The summed E-state index contributed by atoms with van der Waals surface area (Å²) in [6, 6.07) is 8.16. The number of benzene rings is 1. The standard InChI is InChI=1S/C15H19N5OS/c1-10-5-3-4-6-13(10)20-15(17-18-19-20)22-9-14(21)16-11(2)12-7-8-12/h3-6,11-12H,7-9H2,1-2H3,(H,16,21)/t11-/m0/s1. The van der Waals surface area contributed by atoms with Crippen LogP contribution in [0.25, 0.3) is 5.69 Å². The van der Waals surface area contributed by atoms with E-state index in [4.69, 9.17) is 0 Å². The molecule has 1 aromatic heterocycles. The van der Waals surface area contributed by atoms with Gasteiger partial charge in [-0.2, -0.15) is 4.68 Å². The first-order valence-corrected chi connectivity index (χ1v) is 8.40. The minimum atomic E-state index is 0.0312. The van der Waals surface area contributed by atoms with Crippen LogP contribution < -0.4 is 5.32 Å². The van der Waals surface area contributed by atoms with Gasteiger partial charge in [-0.15, -0.1) is 5.10 Å². The summed E-state index contributed by atoms with van der Waals surface area (Å²) >= 11 is 1.35. The van der Waals surface area contributed by atoms with Crippen molar-refractivity contribution in [2.45, 2.75) is 37.9 Å². The predicted molar refractivity (Wildman–Crippen MR) is 84.9 cm³/mol. The van der Waals surface area contributed by atoms with Crippen molar-refractivity contribution in [2.75, 3.05) is 5.75 Å². The molecule has 1 aromatic carbocycles. The van der Waals surface area contributed by atoms with Gasteiger partial charge in [0.1, 0.15) is 0 Å². The van der Waals surface area contributed by atoms with Crippen molar-refractivity contribution in [3.63, 3.8) is 0 Å². The quantitative estimate of drug-likeness (QED) is 0.825. The highest BCUT2D eigenvalue weighted by atomic mass is 32.2. The first-order valence-electron chi connectivity index (χ1n) is 7.41. The molecule has 0 spiro atoms. The first-order chi connectivity index (χ1) is 10.6. The molecule has 1 saturated carbocycles. The number of carbonyl (C=O) groups is 1. The Kier molecular flexibility index (Phi) is 4.42. The van der Waals surface area contributed by atoms with E-state index in [0.717, 1.165) is 11.3 Å². The molecule has 1 amide bonds. The van der Waals surface area contributed by atoms with Crippen LogP contribution in [0.1, 0.15) is 25.3 Å². The van der Waals surface area contributed by atoms with Gasteiger partial charge < -0.3 is 5.32 Å². The topological polar surface area (TPSA) is 72.7 Å². The zero-order valence-corrected chi connectivity index (χ0v) is 13.5. The summed E-state index contributed by atoms with van der Waals surface area (Å²) in [6.07, 6.45) is 2.44. The maximum atomic E-state index is 12.0. The van der Waals surface area contributed by atoms with Crippen LogP contribution in [0.4, 0.5) is 0 Å². The number of carbonyl (C=O) groups excluding carboxylic acids is 1. The SMILES string of the molecule is Cc1ccccc1-n1nnnc1SCC(=O)N[C@@H](C)C1CC1. The molecule has 0 bridgehead atoms. The van der Waals surface area contributed by atoms with E-state index in [2.05, 4.69) is 27.8 Å². The fraction of sp³-hybridized carbons (Fsp3) is 0.467. The highest BCUT2D eigenvalue weighted by Gasteiger charge is 2.28.